The molecule has 0 aliphatic carbocycles. The van der Waals surface area contributed by atoms with Crippen molar-refractivity contribution in [2.45, 2.75) is 32.4 Å². The number of ether oxygens (including phenoxy) is 1. The van der Waals surface area contributed by atoms with Crippen molar-refractivity contribution in [3.05, 3.63) is 101 Å². The summed E-state index contributed by atoms with van der Waals surface area (Å²) in [6.07, 6.45) is -0.0538. The Kier molecular flexibility index (Phi) is 6.72. The van der Waals surface area contributed by atoms with Gasteiger partial charge in [-0.2, -0.15) is 0 Å². The van der Waals surface area contributed by atoms with Crippen LogP contribution in [0.5, 0.6) is 5.75 Å². The molecule has 2 atom stereocenters. The lowest BCUT2D eigenvalue weighted by Crippen LogP contribution is -2.40. The first-order valence-corrected chi connectivity index (χ1v) is 9.79. The fourth-order valence-electron chi connectivity index (χ4n) is 3.16. The highest BCUT2D eigenvalue weighted by Crippen LogP contribution is 2.26. The largest absolute Gasteiger partial charge is 0.481 e. The van der Waals surface area contributed by atoms with E-state index in [2.05, 4.69) is 18.3 Å². The standard InChI is InChI=1S/C24H24ClNO2/c1-3-22(28-20-14-9-13-19(25)16-20)24(27)26-23(18-11-5-4-6-12-18)21-15-8-7-10-17(21)2/h4-16,22-23H,3H2,1-2H3,(H,26,27)/t22-,23+/m1/s1. The molecule has 0 radical (unpaired) electrons. The van der Waals surface area contributed by atoms with Crippen LogP contribution < -0.4 is 10.1 Å². The molecule has 4 heteroatoms. The molecular weight excluding hydrogens is 370 g/mol. The highest BCUT2D eigenvalue weighted by molar-refractivity contribution is 6.30. The van der Waals surface area contributed by atoms with Gasteiger partial charge in [-0.05, 0) is 48.2 Å². The fourth-order valence-corrected chi connectivity index (χ4v) is 3.34. The number of aryl methyl sites for hydroxylation is 1. The summed E-state index contributed by atoms with van der Waals surface area (Å²) >= 11 is 6.03. The third kappa shape index (κ3) is 4.93. The zero-order valence-corrected chi connectivity index (χ0v) is 16.8. The Morgan fingerprint density at radius 2 is 1.71 bits per heavy atom. The molecule has 0 fully saturated rings. The van der Waals surface area contributed by atoms with Crippen LogP contribution in [-0.4, -0.2) is 12.0 Å². The molecule has 0 spiro atoms. The normalized spacial score (nSPS) is 12.8. The second kappa shape index (κ2) is 9.43. The van der Waals surface area contributed by atoms with Crippen LogP contribution in [-0.2, 0) is 4.79 Å². The first kappa shape index (κ1) is 20.0. The van der Waals surface area contributed by atoms with Crippen molar-refractivity contribution in [3.63, 3.8) is 0 Å². The smallest absolute Gasteiger partial charge is 0.261 e. The van der Waals surface area contributed by atoms with Gasteiger partial charge in [0.05, 0.1) is 6.04 Å². The molecule has 0 heterocycles. The maximum absolute atomic E-state index is 13.1. The van der Waals surface area contributed by atoms with Gasteiger partial charge in [0.2, 0.25) is 0 Å². The van der Waals surface area contributed by atoms with Crippen LogP contribution in [0.25, 0.3) is 0 Å². The van der Waals surface area contributed by atoms with Gasteiger partial charge in [0, 0.05) is 5.02 Å². The molecule has 3 aromatic rings. The molecule has 28 heavy (non-hydrogen) atoms. The number of halogens is 1. The van der Waals surface area contributed by atoms with Crippen molar-refractivity contribution in [1.29, 1.82) is 0 Å². The summed E-state index contributed by atoms with van der Waals surface area (Å²) in [5, 5.41) is 3.76. The van der Waals surface area contributed by atoms with E-state index < -0.39 is 6.10 Å². The lowest BCUT2D eigenvalue weighted by atomic mass is 9.94. The Balaban J connectivity index is 1.85. The monoisotopic (exact) mass is 393 g/mol. The number of rotatable bonds is 7. The summed E-state index contributed by atoms with van der Waals surface area (Å²) in [5.41, 5.74) is 3.22. The van der Waals surface area contributed by atoms with Gasteiger partial charge in [-0.25, -0.2) is 0 Å². The predicted molar refractivity (Wildman–Crippen MR) is 114 cm³/mol. The Morgan fingerprint density at radius 1 is 1.00 bits per heavy atom. The zero-order valence-electron chi connectivity index (χ0n) is 16.1. The molecule has 3 nitrogen and oxygen atoms in total. The van der Waals surface area contributed by atoms with E-state index in [-0.39, 0.29) is 11.9 Å². The lowest BCUT2D eigenvalue weighted by molar-refractivity contribution is -0.128. The minimum atomic E-state index is -0.603. The van der Waals surface area contributed by atoms with E-state index in [4.69, 9.17) is 16.3 Å². The maximum Gasteiger partial charge on any atom is 0.261 e. The van der Waals surface area contributed by atoms with Gasteiger partial charge < -0.3 is 10.1 Å². The molecule has 0 aromatic heterocycles. The van der Waals surface area contributed by atoms with Crippen LogP contribution in [0.1, 0.15) is 36.1 Å². The van der Waals surface area contributed by atoms with Gasteiger partial charge in [0.15, 0.2) is 6.10 Å². The van der Waals surface area contributed by atoms with E-state index in [0.717, 1.165) is 16.7 Å². The van der Waals surface area contributed by atoms with Gasteiger partial charge in [0.1, 0.15) is 5.75 Å². The van der Waals surface area contributed by atoms with Gasteiger partial charge in [0.25, 0.3) is 5.91 Å². The first-order chi connectivity index (χ1) is 13.6. The topological polar surface area (TPSA) is 38.3 Å². The van der Waals surface area contributed by atoms with Crippen LogP contribution in [0, 0.1) is 6.92 Å². The van der Waals surface area contributed by atoms with Gasteiger partial charge >= 0.3 is 0 Å². The Hall–Kier alpha value is -2.78. The molecule has 0 saturated heterocycles. The number of benzene rings is 3. The minimum absolute atomic E-state index is 0.153. The van der Waals surface area contributed by atoms with Crippen molar-refractivity contribution in [3.8, 4) is 5.75 Å². The minimum Gasteiger partial charge on any atom is -0.481 e. The maximum atomic E-state index is 13.1. The molecule has 1 N–H and O–H groups in total. The second-order valence-corrected chi connectivity index (χ2v) is 7.12. The molecule has 144 valence electrons. The number of carbonyl (C=O) groups is 1. The van der Waals surface area contributed by atoms with Gasteiger partial charge in [-0.15, -0.1) is 0 Å². The van der Waals surface area contributed by atoms with E-state index in [0.29, 0.717) is 17.2 Å². The van der Waals surface area contributed by atoms with Crippen LogP contribution in [0.4, 0.5) is 0 Å². The molecule has 0 bridgehead atoms. The van der Waals surface area contributed by atoms with Crippen LogP contribution in [0.3, 0.4) is 0 Å². The summed E-state index contributed by atoms with van der Waals surface area (Å²) in [7, 11) is 0. The molecule has 3 rings (SSSR count). The van der Waals surface area contributed by atoms with E-state index in [9.17, 15) is 4.79 Å². The van der Waals surface area contributed by atoms with Crippen LogP contribution in [0.2, 0.25) is 5.02 Å². The Bertz CT molecular complexity index is 927. The molecule has 3 aromatic carbocycles. The third-order valence-corrected chi connectivity index (χ3v) is 4.89. The van der Waals surface area contributed by atoms with Crippen molar-refractivity contribution in [2.75, 3.05) is 0 Å². The summed E-state index contributed by atoms with van der Waals surface area (Å²) < 4.78 is 5.91. The van der Waals surface area contributed by atoms with Crippen molar-refractivity contribution in [1.82, 2.24) is 5.32 Å². The van der Waals surface area contributed by atoms with E-state index in [1.807, 2.05) is 61.5 Å². The van der Waals surface area contributed by atoms with Gasteiger partial charge in [-0.1, -0.05) is 79.2 Å². The Morgan fingerprint density at radius 3 is 2.39 bits per heavy atom. The zero-order chi connectivity index (χ0) is 19.9. The van der Waals surface area contributed by atoms with Crippen molar-refractivity contribution < 1.29 is 9.53 Å². The lowest BCUT2D eigenvalue weighted by Gasteiger charge is -2.25. The SMILES string of the molecule is CC[C@@H](Oc1cccc(Cl)c1)C(=O)N[C@@H](c1ccccc1)c1ccccc1C. The Labute approximate surface area is 171 Å². The summed E-state index contributed by atoms with van der Waals surface area (Å²) in [4.78, 5) is 13.1. The quantitative estimate of drug-likeness (QED) is 0.558. The van der Waals surface area contributed by atoms with Crippen LogP contribution in [0.15, 0.2) is 78.9 Å². The number of hydrogen-bond acceptors (Lipinski definition) is 2. The number of carbonyl (C=O) groups excluding carboxylic acids is 1. The fraction of sp³-hybridized carbons (Fsp3) is 0.208. The average molecular weight is 394 g/mol. The third-order valence-electron chi connectivity index (χ3n) is 4.66. The highest BCUT2D eigenvalue weighted by atomic mass is 35.5. The molecule has 0 saturated carbocycles. The summed E-state index contributed by atoms with van der Waals surface area (Å²) in [6, 6.07) is 24.9. The summed E-state index contributed by atoms with van der Waals surface area (Å²) in [5.74, 6) is 0.432. The molecular formula is C24H24ClNO2. The predicted octanol–water partition coefficient (Wildman–Crippen LogP) is 5.71. The van der Waals surface area contributed by atoms with E-state index >= 15 is 0 Å². The average Bonchev–Trinajstić information content (AvgIpc) is 2.71. The number of amides is 1. The van der Waals surface area contributed by atoms with Crippen molar-refractivity contribution in [2.24, 2.45) is 0 Å². The van der Waals surface area contributed by atoms with Crippen molar-refractivity contribution >= 4 is 17.5 Å². The highest BCUT2D eigenvalue weighted by Gasteiger charge is 2.24. The number of nitrogens with one attached hydrogen (secondary N) is 1. The second-order valence-electron chi connectivity index (χ2n) is 6.68. The number of hydrogen-bond donors (Lipinski definition) is 1. The van der Waals surface area contributed by atoms with Gasteiger partial charge in [-0.3, -0.25) is 4.79 Å². The summed E-state index contributed by atoms with van der Waals surface area (Å²) in [6.45, 7) is 3.98. The van der Waals surface area contributed by atoms with Crippen LogP contribution >= 0.6 is 11.6 Å². The first-order valence-electron chi connectivity index (χ1n) is 9.41. The molecule has 0 unspecified atom stereocenters. The molecule has 0 aliphatic heterocycles. The molecule has 1 amide bonds. The van der Waals surface area contributed by atoms with E-state index in [1.165, 1.54) is 0 Å². The van der Waals surface area contributed by atoms with E-state index in [1.54, 1.807) is 18.2 Å². The molecule has 0 aliphatic rings.